The molecule has 76 valence electrons. The first-order valence-electron chi connectivity index (χ1n) is 3.54. The van der Waals surface area contributed by atoms with E-state index in [1.54, 1.807) is 0 Å². The number of carbonyl (C=O) groups excluding carboxylic acids is 1. The second-order valence-electron chi connectivity index (χ2n) is 2.53. The van der Waals surface area contributed by atoms with E-state index in [4.69, 9.17) is 11.5 Å². The zero-order valence-corrected chi connectivity index (χ0v) is 6.88. The number of nitrogens with two attached hydrogens (primary N) is 2. The number of primary amides is 1. The van der Waals surface area contributed by atoms with E-state index in [1.165, 1.54) is 0 Å². The molecule has 1 amide bonds. The van der Waals surface area contributed by atoms with Crippen LogP contribution in [0.3, 0.4) is 0 Å². The van der Waals surface area contributed by atoms with Gasteiger partial charge in [-0.3, -0.25) is 9.59 Å². The maximum atomic E-state index is 12.2. The number of nitrogen functional groups attached to an aromatic ring is 1. The molecule has 14 heavy (non-hydrogen) atoms. The first-order chi connectivity index (χ1) is 6.45. The molecule has 1 rings (SSSR count). The van der Waals surface area contributed by atoms with Gasteiger partial charge >= 0.3 is 0 Å². The van der Waals surface area contributed by atoms with Crippen LogP contribution in [0.1, 0.15) is 22.3 Å². The molecular formula is C7H7F2N3O2. The lowest BCUT2D eigenvalue weighted by Crippen LogP contribution is -2.26. The molecule has 0 bridgehead atoms. The summed E-state index contributed by atoms with van der Waals surface area (Å²) in [4.78, 5) is 23.6. The van der Waals surface area contributed by atoms with Crippen LogP contribution >= 0.6 is 0 Å². The topological polar surface area (TPSA) is 102 Å². The third kappa shape index (κ3) is 1.56. The minimum absolute atomic E-state index is 0.573. The molecule has 0 aliphatic carbocycles. The standard InChI is InChI=1S/C7H7F2N3O2/c8-5(9)2-1-12-7(14)3(4(2)10)6(11)13/h1,5H,(H2,11,13)(H3,10,12,14). The van der Waals surface area contributed by atoms with E-state index in [-0.39, 0.29) is 0 Å². The quantitative estimate of drug-likeness (QED) is 0.630. The van der Waals surface area contributed by atoms with Crippen molar-refractivity contribution in [1.29, 1.82) is 0 Å². The number of H-pyrrole nitrogens is 1. The monoisotopic (exact) mass is 203 g/mol. The van der Waals surface area contributed by atoms with Crippen molar-refractivity contribution in [2.75, 3.05) is 5.73 Å². The van der Waals surface area contributed by atoms with Crippen molar-refractivity contribution in [3.63, 3.8) is 0 Å². The third-order valence-electron chi connectivity index (χ3n) is 1.65. The maximum Gasteiger partial charge on any atom is 0.267 e. The average Bonchev–Trinajstić information content (AvgIpc) is 2.02. The number of hydrogen-bond acceptors (Lipinski definition) is 3. The molecule has 7 heteroatoms. The number of halogens is 2. The largest absolute Gasteiger partial charge is 0.397 e. The highest BCUT2D eigenvalue weighted by Crippen LogP contribution is 2.24. The van der Waals surface area contributed by atoms with E-state index in [0.717, 1.165) is 6.20 Å². The molecule has 5 nitrogen and oxygen atoms in total. The number of carbonyl (C=O) groups is 1. The van der Waals surface area contributed by atoms with E-state index in [9.17, 15) is 18.4 Å². The summed E-state index contributed by atoms with van der Waals surface area (Å²) in [6.45, 7) is 0. The van der Waals surface area contributed by atoms with Crippen molar-refractivity contribution < 1.29 is 13.6 Å². The van der Waals surface area contributed by atoms with E-state index >= 15 is 0 Å². The van der Waals surface area contributed by atoms with Crippen LogP contribution in [-0.2, 0) is 0 Å². The van der Waals surface area contributed by atoms with Crippen LogP contribution in [0.5, 0.6) is 0 Å². The summed E-state index contributed by atoms with van der Waals surface area (Å²) >= 11 is 0. The van der Waals surface area contributed by atoms with E-state index < -0.39 is 34.7 Å². The molecule has 0 saturated carbocycles. The van der Waals surface area contributed by atoms with E-state index in [0.29, 0.717) is 0 Å². The highest BCUT2D eigenvalue weighted by molar-refractivity contribution is 5.98. The van der Waals surface area contributed by atoms with Crippen LogP contribution in [0.15, 0.2) is 11.0 Å². The van der Waals surface area contributed by atoms with Gasteiger partial charge in [0, 0.05) is 6.20 Å². The minimum Gasteiger partial charge on any atom is -0.397 e. The number of hydrogen-bond donors (Lipinski definition) is 3. The van der Waals surface area contributed by atoms with Gasteiger partial charge in [0.25, 0.3) is 17.9 Å². The van der Waals surface area contributed by atoms with Gasteiger partial charge in [0.2, 0.25) is 0 Å². The Morgan fingerprint density at radius 1 is 1.50 bits per heavy atom. The molecule has 0 saturated heterocycles. The zero-order chi connectivity index (χ0) is 10.9. The fourth-order valence-corrected chi connectivity index (χ4v) is 0.985. The Kier molecular flexibility index (Phi) is 2.50. The summed E-state index contributed by atoms with van der Waals surface area (Å²) in [5.41, 5.74) is 7.29. The molecule has 0 radical (unpaired) electrons. The van der Waals surface area contributed by atoms with Crippen molar-refractivity contribution in [3.05, 3.63) is 27.7 Å². The highest BCUT2D eigenvalue weighted by Gasteiger charge is 2.19. The normalized spacial score (nSPS) is 10.5. The lowest BCUT2D eigenvalue weighted by molar-refractivity contribution is 0.0999. The number of nitrogens with one attached hydrogen (secondary N) is 1. The Hall–Kier alpha value is -1.92. The highest BCUT2D eigenvalue weighted by atomic mass is 19.3. The SMILES string of the molecule is NC(=O)c1c(N)c(C(F)F)c[nH]c1=O. The molecule has 0 aromatic carbocycles. The van der Waals surface area contributed by atoms with Crippen LogP contribution in [0, 0.1) is 0 Å². The smallest absolute Gasteiger partial charge is 0.267 e. The number of anilines is 1. The molecule has 0 aliphatic rings. The molecule has 0 spiro atoms. The summed E-state index contributed by atoms with van der Waals surface area (Å²) in [6, 6.07) is 0. The van der Waals surface area contributed by atoms with Crippen LogP contribution in [0.25, 0.3) is 0 Å². The Balaban J connectivity index is 3.49. The summed E-state index contributed by atoms with van der Waals surface area (Å²) in [5.74, 6) is -1.13. The third-order valence-corrected chi connectivity index (χ3v) is 1.65. The van der Waals surface area contributed by atoms with Gasteiger partial charge in [-0.25, -0.2) is 8.78 Å². The fourth-order valence-electron chi connectivity index (χ4n) is 0.985. The van der Waals surface area contributed by atoms with Crippen LogP contribution < -0.4 is 17.0 Å². The van der Waals surface area contributed by atoms with Crippen molar-refractivity contribution >= 4 is 11.6 Å². The van der Waals surface area contributed by atoms with Crippen molar-refractivity contribution in [2.24, 2.45) is 5.73 Å². The lowest BCUT2D eigenvalue weighted by Gasteiger charge is -2.06. The number of aromatic nitrogens is 1. The Morgan fingerprint density at radius 2 is 2.07 bits per heavy atom. The molecule has 0 unspecified atom stereocenters. The molecule has 1 aromatic rings. The average molecular weight is 203 g/mol. The fraction of sp³-hybridized carbons (Fsp3) is 0.143. The molecule has 5 N–H and O–H groups in total. The van der Waals surface area contributed by atoms with Gasteiger partial charge in [0.05, 0.1) is 11.3 Å². The number of alkyl halides is 2. The van der Waals surface area contributed by atoms with Gasteiger partial charge in [0.15, 0.2) is 0 Å². The van der Waals surface area contributed by atoms with Crippen LogP contribution in [0.2, 0.25) is 0 Å². The first kappa shape index (κ1) is 10.2. The maximum absolute atomic E-state index is 12.2. The number of amides is 1. The Labute approximate surface area is 76.7 Å². The van der Waals surface area contributed by atoms with Crippen molar-refractivity contribution in [1.82, 2.24) is 4.98 Å². The van der Waals surface area contributed by atoms with Gasteiger partial charge in [-0.1, -0.05) is 0 Å². The Bertz CT molecular complexity index is 427. The van der Waals surface area contributed by atoms with Gasteiger partial charge in [0.1, 0.15) is 5.56 Å². The summed E-state index contributed by atoms with van der Waals surface area (Å²) in [7, 11) is 0. The van der Waals surface area contributed by atoms with Gasteiger partial charge < -0.3 is 16.5 Å². The molecular weight excluding hydrogens is 196 g/mol. The summed E-state index contributed by atoms with van der Waals surface area (Å²) in [6.07, 6.45) is -2.11. The van der Waals surface area contributed by atoms with E-state index in [2.05, 4.69) is 0 Å². The molecule has 0 aliphatic heterocycles. The summed E-state index contributed by atoms with van der Waals surface area (Å²) in [5, 5.41) is 0. The number of aromatic amines is 1. The number of pyridine rings is 1. The van der Waals surface area contributed by atoms with Gasteiger partial charge in [-0.2, -0.15) is 0 Å². The molecule has 0 fully saturated rings. The summed E-state index contributed by atoms with van der Waals surface area (Å²) < 4.78 is 24.5. The van der Waals surface area contributed by atoms with Crippen molar-refractivity contribution in [3.8, 4) is 0 Å². The van der Waals surface area contributed by atoms with Crippen LogP contribution in [0.4, 0.5) is 14.5 Å². The molecule has 0 atom stereocenters. The van der Waals surface area contributed by atoms with Crippen molar-refractivity contribution in [2.45, 2.75) is 6.43 Å². The van der Waals surface area contributed by atoms with Crippen LogP contribution in [-0.4, -0.2) is 10.9 Å². The zero-order valence-electron chi connectivity index (χ0n) is 6.88. The lowest BCUT2D eigenvalue weighted by atomic mass is 10.1. The second-order valence-corrected chi connectivity index (χ2v) is 2.53. The first-order valence-corrected chi connectivity index (χ1v) is 3.54. The number of rotatable bonds is 2. The molecule has 1 heterocycles. The second kappa shape index (κ2) is 3.44. The minimum atomic E-state index is -2.87. The van der Waals surface area contributed by atoms with E-state index in [1.807, 2.05) is 4.98 Å². The van der Waals surface area contributed by atoms with Gasteiger partial charge in [-0.05, 0) is 0 Å². The molecule has 1 aromatic heterocycles. The van der Waals surface area contributed by atoms with Gasteiger partial charge in [-0.15, -0.1) is 0 Å². The Morgan fingerprint density at radius 3 is 2.50 bits per heavy atom. The predicted octanol–water partition coefficient (Wildman–Crippen LogP) is -0.00640. The predicted molar refractivity (Wildman–Crippen MR) is 44.9 cm³/mol.